The van der Waals surface area contributed by atoms with Gasteiger partial charge in [-0.1, -0.05) is 13.8 Å². The largest absolute Gasteiger partial charge is 0.393 e. The van der Waals surface area contributed by atoms with Gasteiger partial charge in [-0.3, -0.25) is 4.98 Å². The van der Waals surface area contributed by atoms with Gasteiger partial charge in [0.1, 0.15) is 0 Å². The molecule has 20 heavy (non-hydrogen) atoms. The summed E-state index contributed by atoms with van der Waals surface area (Å²) < 4.78 is 0. The SMILES string of the molecule is CCCNC(CC)c1ccc(N(C)CCC(C)O)cn1. The molecule has 2 N–H and O–H groups in total. The Morgan fingerprint density at radius 1 is 1.35 bits per heavy atom. The number of hydrogen-bond acceptors (Lipinski definition) is 4. The summed E-state index contributed by atoms with van der Waals surface area (Å²) in [7, 11) is 2.03. The van der Waals surface area contributed by atoms with E-state index in [2.05, 4.69) is 41.2 Å². The van der Waals surface area contributed by atoms with E-state index in [4.69, 9.17) is 0 Å². The minimum atomic E-state index is -0.257. The van der Waals surface area contributed by atoms with Gasteiger partial charge in [0.15, 0.2) is 0 Å². The Morgan fingerprint density at radius 3 is 2.60 bits per heavy atom. The van der Waals surface area contributed by atoms with Gasteiger partial charge < -0.3 is 15.3 Å². The summed E-state index contributed by atoms with van der Waals surface area (Å²) >= 11 is 0. The Labute approximate surface area is 123 Å². The molecule has 2 unspecified atom stereocenters. The smallest absolute Gasteiger partial charge is 0.0574 e. The first-order valence-corrected chi connectivity index (χ1v) is 7.67. The van der Waals surface area contributed by atoms with Crippen molar-refractivity contribution in [3.05, 3.63) is 24.0 Å². The van der Waals surface area contributed by atoms with Crippen molar-refractivity contribution in [1.82, 2.24) is 10.3 Å². The molecule has 4 nitrogen and oxygen atoms in total. The Balaban J connectivity index is 2.62. The number of pyridine rings is 1. The summed E-state index contributed by atoms with van der Waals surface area (Å²) in [5, 5.41) is 12.8. The van der Waals surface area contributed by atoms with E-state index in [9.17, 15) is 5.11 Å². The highest BCUT2D eigenvalue weighted by Gasteiger charge is 2.10. The Bertz CT molecular complexity index is 364. The molecule has 4 heteroatoms. The molecule has 1 heterocycles. The van der Waals surface area contributed by atoms with E-state index in [1.807, 2.05) is 20.2 Å². The molecule has 0 saturated heterocycles. The van der Waals surface area contributed by atoms with Crippen LogP contribution in [-0.2, 0) is 0 Å². The molecule has 0 saturated carbocycles. The van der Waals surface area contributed by atoms with Crippen LogP contribution < -0.4 is 10.2 Å². The van der Waals surface area contributed by atoms with Gasteiger partial charge in [0.25, 0.3) is 0 Å². The van der Waals surface area contributed by atoms with Crippen LogP contribution in [0.5, 0.6) is 0 Å². The van der Waals surface area contributed by atoms with Crippen LogP contribution in [-0.4, -0.2) is 36.3 Å². The van der Waals surface area contributed by atoms with Crippen molar-refractivity contribution in [1.29, 1.82) is 0 Å². The molecule has 0 radical (unpaired) electrons. The maximum Gasteiger partial charge on any atom is 0.0574 e. The molecule has 2 atom stereocenters. The fraction of sp³-hybridized carbons (Fsp3) is 0.688. The van der Waals surface area contributed by atoms with E-state index in [1.54, 1.807) is 0 Å². The van der Waals surface area contributed by atoms with Crippen molar-refractivity contribution in [3.63, 3.8) is 0 Å². The quantitative estimate of drug-likeness (QED) is 0.730. The van der Waals surface area contributed by atoms with Gasteiger partial charge in [-0.15, -0.1) is 0 Å². The zero-order valence-electron chi connectivity index (χ0n) is 13.3. The average molecular weight is 279 g/mol. The molecule has 1 aromatic heterocycles. The molecule has 0 aliphatic carbocycles. The van der Waals surface area contributed by atoms with Gasteiger partial charge in [0.05, 0.1) is 23.7 Å². The molecule has 0 amide bonds. The second-order valence-corrected chi connectivity index (χ2v) is 5.42. The number of hydrogen-bond donors (Lipinski definition) is 2. The molecule has 1 rings (SSSR count). The van der Waals surface area contributed by atoms with Crippen LogP contribution >= 0.6 is 0 Å². The van der Waals surface area contributed by atoms with E-state index in [0.717, 1.165) is 43.7 Å². The maximum absolute atomic E-state index is 9.33. The van der Waals surface area contributed by atoms with Crippen LogP contribution in [0.4, 0.5) is 5.69 Å². The second-order valence-electron chi connectivity index (χ2n) is 5.42. The summed E-state index contributed by atoms with van der Waals surface area (Å²) in [6, 6.07) is 4.55. The zero-order valence-corrected chi connectivity index (χ0v) is 13.3. The van der Waals surface area contributed by atoms with Gasteiger partial charge in [-0.25, -0.2) is 0 Å². The summed E-state index contributed by atoms with van der Waals surface area (Å²) in [6.07, 6.45) is 4.62. The van der Waals surface area contributed by atoms with Gasteiger partial charge in [0, 0.05) is 19.6 Å². The fourth-order valence-electron chi connectivity index (χ4n) is 2.12. The van der Waals surface area contributed by atoms with Crippen molar-refractivity contribution in [2.75, 3.05) is 25.0 Å². The highest BCUT2D eigenvalue weighted by molar-refractivity contribution is 5.43. The fourth-order valence-corrected chi connectivity index (χ4v) is 2.12. The van der Waals surface area contributed by atoms with Crippen LogP contribution in [0.25, 0.3) is 0 Å². The number of aliphatic hydroxyl groups excluding tert-OH is 1. The van der Waals surface area contributed by atoms with Gasteiger partial charge in [-0.2, -0.15) is 0 Å². The van der Waals surface area contributed by atoms with E-state index < -0.39 is 0 Å². The third-order valence-corrected chi connectivity index (χ3v) is 3.50. The lowest BCUT2D eigenvalue weighted by Gasteiger charge is -2.21. The molecule has 1 aromatic rings. The van der Waals surface area contributed by atoms with Gasteiger partial charge in [0.2, 0.25) is 0 Å². The van der Waals surface area contributed by atoms with Crippen LogP contribution in [0.2, 0.25) is 0 Å². The monoisotopic (exact) mass is 279 g/mol. The highest BCUT2D eigenvalue weighted by atomic mass is 16.3. The summed E-state index contributed by atoms with van der Waals surface area (Å²) in [6.45, 7) is 8.03. The van der Waals surface area contributed by atoms with Gasteiger partial charge in [-0.05, 0) is 44.9 Å². The maximum atomic E-state index is 9.33. The molecule has 0 bridgehead atoms. The van der Waals surface area contributed by atoms with E-state index in [0.29, 0.717) is 6.04 Å². The van der Waals surface area contributed by atoms with Crippen LogP contribution in [0.1, 0.15) is 51.8 Å². The van der Waals surface area contributed by atoms with E-state index >= 15 is 0 Å². The third kappa shape index (κ3) is 5.47. The molecule has 0 aliphatic heterocycles. The lowest BCUT2D eigenvalue weighted by molar-refractivity contribution is 0.187. The topological polar surface area (TPSA) is 48.4 Å². The molecule has 0 spiro atoms. The number of aromatic nitrogens is 1. The summed E-state index contributed by atoms with van der Waals surface area (Å²) in [5.74, 6) is 0. The highest BCUT2D eigenvalue weighted by Crippen LogP contribution is 2.18. The zero-order chi connectivity index (χ0) is 15.0. The molecule has 0 fully saturated rings. The number of aliphatic hydroxyl groups is 1. The predicted octanol–water partition coefficient (Wildman–Crippen LogP) is 2.74. The lowest BCUT2D eigenvalue weighted by atomic mass is 10.1. The molecule has 0 aliphatic rings. The summed E-state index contributed by atoms with van der Waals surface area (Å²) in [4.78, 5) is 6.71. The standard InChI is InChI=1S/C16H29N3O/c1-5-10-17-15(6-2)16-8-7-14(12-18-16)19(4)11-9-13(3)20/h7-8,12-13,15,17,20H,5-6,9-11H2,1-4H3. The minimum absolute atomic E-state index is 0.257. The molecular formula is C16H29N3O. The van der Waals surface area contributed by atoms with Crippen molar-refractivity contribution in [2.24, 2.45) is 0 Å². The average Bonchev–Trinajstić information content (AvgIpc) is 2.46. The number of nitrogens with one attached hydrogen (secondary N) is 1. The molecular weight excluding hydrogens is 250 g/mol. The van der Waals surface area contributed by atoms with Crippen LogP contribution in [0, 0.1) is 0 Å². The Morgan fingerprint density at radius 2 is 2.10 bits per heavy atom. The van der Waals surface area contributed by atoms with Crippen molar-refractivity contribution in [2.45, 2.75) is 52.2 Å². The molecule has 0 aromatic carbocycles. The number of nitrogens with zero attached hydrogens (tertiary/aromatic N) is 2. The van der Waals surface area contributed by atoms with E-state index in [-0.39, 0.29) is 6.10 Å². The lowest BCUT2D eigenvalue weighted by Crippen LogP contribution is -2.24. The van der Waals surface area contributed by atoms with Crippen molar-refractivity contribution < 1.29 is 5.11 Å². The number of anilines is 1. The minimum Gasteiger partial charge on any atom is -0.393 e. The Kier molecular flexibility index (Phi) is 7.55. The van der Waals surface area contributed by atoms with Crippen LogP contribution in [0.15, 0.2) is 18.3 Å². The Hall–Kier alpha value is -1.13. The first-order valence-electron chi connectivity index (χ1n) is 7.67. The van der Waals surface area contributed by atoms with Crippen molar-refractivity contribution in [3.8, 4) is 0 Å². The van der Waals surface area contributed by atoms with Gasteiger partial charge >= 0.3 is 0 Å². The predicted molar refractivity (Wildman–Crippen MR) is 85.1 cm³/mol. The summed E-state index contributed by atoms with van der Waals surface area (Å²) in [5.41, 5.74) is 2.20. The number of rotatable bonds is 9. The third-order valence-electron chi connectivity index (χ3n) is 3.50. The first kappa shape index (κ1) is 16.9. The molecule has 114 valence electrons. The van der Waals surface area contributed by atoms with Crippen LogP contribution in [0.3, 0.4) is 0 Å². The first-order chi connectivity index (χ1) is 9.58. The van der Waals surface area contributed by atoms with E-state index in [1.165, 1.54) is 0 Å². The van der Waals surface area contributed by atoms with Crippen molar-refractivity contribution >= 4 is 5.69 Å². The second kappa shape index (κ2) is 8.93. The normalized spacial score (nSPS) is 14.1.